The third-order valence-corrected chi connectivity index (χ3v) is 9.26. The van der Waals surface area contributed by atoms with Crippen LogP contribution in [0.3, 0.4) is 0 Å². The van der Waals surface area contributed by atoms with Gasteiger partial charge in [-0.1, -0.05) is 35.9 Å². The third kappa shape index (κ3) is 5.28. The molecular formula is C34H39ClN2O5. The van der Waals surface area contributed by atoms with Gasteiger partial charge in [0.05, 0.1) is 44.5 Å². The van der Waals surface area contributed by atoms with E-state index in [9.17, 15) is 9.90 Å². The van der Waals surface area contributed by atoms with Crippen molar-refractivity contribution in [2.75, 3.05) is 38.3 Å². The molecule has 3 aliphatic rings. The number of hydrogen-bond acceptors (Lipinski definition) is 6. The van der Waals surface area contributed by atoms with Crippen LogP contribution in [0.1, 0.15) is 49.1 Å². The first-order valence-electron chi connectivity index (χ1n) is 14.7. The van der Waals surface area contributed by atoms with Crippen LogP contribution in [0.4, 0.5) is 5.69 Å². The number of aliphatic hydroxyl groups is 1. The van der Waals surface area contributed by atoms with Gasteiger partial charge in [-0.05, 0) is 79.4 Å². The second-order valence-corrected chi connectivity index (χ2v) is 12.6. The van der Waals surface area contributed by atoms with Crippen LogP contribution in [0.2, 0.25) is 5.02 Å². The Labute approximate surface area is 252 Å². The lowest BCUT2D eigenvalue weighted by atomic mass is 9.66. The van der Waals surface area contributed by atoms with Crippen molar-refractivity contribution in [3.63, 3.8) is 0 Å². The van der Waals surface area contributed by atoms with Gasteiger partial charge in [0.1, 0.15) is 0 Å². The molecule has 0 spiro atoms. The van der Waals surface area contributed by atoms with E-state index in [2.05, 4.69) is 5.32 Å². The third-order valence-electron chi connectivity index (χ3n) is 9.01. The number of methoxy groups -OCH3 is 1. The summed E-state index contributed by atoms with van der Waals surface area (Å²) >= 11 is 6.26. The highest BCUT2D eigenvalue weighted by Crippen LogP contribution is 2.46. The molecular weight excluding hydrogens is 552 g/mol. The molecule has 0 radical (unpaired) electrons. The van der Waals surface area contributed by atoms with Gasteiger partial charge in [0.25, 0.3) is 0 Å². The van der Waals surface area contributed by atoms with Gasteiger partial charge in [-0.25, -0.2) is 0 Å². The maximum atomic E-state index is 13.9. The fourth-order valence-electron chi connectivity index (χ4n) is 7.19. The molecule has 6 rings (SSSR count). The Morgan fingerprint density at radius 1 is 1.02 bits per heavy atom. The molecule has 2 bridgehead atoms. The highest BCUT2D eigenvalue weighted by atomic mass is 35.5. The Morgan fingerprint density at radius 3 is 2.31 bits per heavy atom. The van der Waals surface area contributed by atoms with Crippen LogP contribution in [0.5, 0.6) is 11.5 Å². The van der Waals surface area contributed by atoms with Gasteiger partial charge in [0.15, 0.2) is 11.5 Å². The fourth-order valence-corrected chi connectivity index (χ4v) is 7.31. The fraction of sp³-hybridized carbons (Fsp3) is 0.441. The molecule has 3 unspecified atom stereocenters. The van der Waals surface area contributed by atoms with E-state index in [1.165, 1.54) is 0 Å². The van der Waals surface area contributed by atoms with Crippen LogP contribution >= 0.6 is 11.6 Å². The molecule has 1 amide bonds. The standard InChI is InChI=1S/C34H39ClN2O5/c1-20(2)42-30-15-28-22(13-29(30)40-4)14-31(38)37(33(28)21-5-9-26(35)10-6-21)27-11-7-25(8-12-27)34(3,39)32-23-16-36-17-24(32)19-41-18-23/h5-13,15,20,23-24,32-33,36,39H,14,16-19H2,1-4H3/t23?,24?,32?,33?,34-/m1/s1. The number of ether oxygens (including phenoxy) is 3. The summed E-state index contributed by atoms with van der Waals surface area (Å²) in [5, 5.41) is 16.0. The average molecular weight is 591 g/mol. The molecule has 3 aromatic carbocycles. The minimum atomic E-state index is -1.02. The van der Waals surface area contributed by atoms with Gasteiger partial charge < -0.3 is 29.5 Å². The van der Waals surface area contributed by atoms with Crippen molar-refractivity contribution in [1.82, 2.24) is 5.32 Å². The van der Waals surface area contributed by atoms with Crippen LogP contribution in [0, 0.1) is 17.8 Å². The van der Waals surface area contributed by atoms with E-state index >= 15 is 0 Å². The van der Waals surface area contributed by atoms with Crippen molar-refractivity contribution in [3.05, 3.63) is 87.9 Å². The molecule has 8 heteroatoms. The predicted octanol–water partition coefficient (Wildman–Crippen LogP) is 5.50. The number of halogens is 1. The summed E-state index contributed by atoms with van der Waals surface area (Å²) in [6, 6.07) is 19.0. The summed E-state index contributed by atoms with van der Waals surface area (Å²) in [6.45, 7) is 8.87. The minimum absolute atomic E-state index is 0.0217. The number of nitrogens with one attached hydrogen (secondary N) is 1. The van der Waals surface area contributed by atoms with Crippen molar-refractivity contribution >= 4 is 23.2 Å². The molecule has 0 aliphatic carbocycles. The maximum absolute atomic E-state index is 13.9. The molecule has 0 aromatic heterocycles. The largest absolute Gasteiger partial charge is 0.493 e. The van der Waals surface area contributed by atoms with Crippen LogP contribution in [-0.2, 0) is 21.6 Å². The van der Waals surface area contributed by atoms with Crippen molar-refractivity contribution in [3.8, 4) is 11.5 Å². The number of fused-ring (bicyclic) bond motifs is 3. The summed E-state index contributed by atoms with van der Waals surface area (Å²) in [5.74, 6) is 1.83. The molecule has 4 atom stereocenters. The number of benzene rings is 3. The van der Waals surface area contributed by atoms with Gasteiger partial charge in [0, 0.05) is 41.6 Å². The van der Waals surface area contributed by atoms with Crippen molar-refractivity contribution < 1.29 is 24.1 Å². The van der Waals surface area contributed by atoms with E-state index in [1.807, 2.05) is 86.3 Å². The molecule has 2 fully saturated rings. The molecule has 42 heavy (non-hydrogen) atoms. The van der Waals surface area contributed by atoms with E-state index in [0.29, 0.717) is 29.7 Å². The molecule has 0 saturated carbocycles. The summed E-state index contributed by atoms with van der Waals surface area (Å²) in [7, 11) is 1.61. The smallest absolute Gasteiger partial charge is 0.232 e. The number of carbonyl (C=O) groups excluding carboxylic acids is 1. The average Bonchev–Trinajstić information content (AvgIpc) is 2.96. The van der Waals surface area contributed by atoms with E-state index in [1.54, 1.807) is 7.11 Å². The lowest BCUT2D eigenvalue weighted by Gasteiger charge is -2.49. The zero-order valence-electron chi connectivity index (χ0n) is 24.6. The normalized spacial score (nSPS) is 25.1. The SMILES string of the molecule is COc1cc2c(cc1OC(C)C)C(c1ccc(Cl)cc1)N(c1ccc([C@@](C)(O)C3C4CNCC3COC4)cc1)C(=O)C2. The second-order valence-electron chi connectivity index (χ2n) is 12.2. The molecule has 2 N–H and O–H groups in total. The first-order chi connectivity index (χ1) is 20.2. The lowest BCUT2D eigenvalue weighted by Crippen LogP contribution is -2.57. The van der Waals surface area contributed by atoms with Gasteiger partial charge in [-0.2, -0.15) is 0 Å². The van der Waals surface area contributed by atoms with Crippen LogP contribution in [0.15, 0.2) is 60.7 Å². The topological polar surface area (TPSA) is 80.3 Å². The summed E-state index contributed by atoms with van der Waals surface area (Å²) < 4.78 is 17.6. The van der Waals surface area contributed by atoms with Gasteiger partial charge in [-0.3, -0.25) is 4.79 Å². The number of carbonyl (C=O) groups is 1. The number of piperidine rings is 1. The Hall–Kier alpha value is -3.10. The van der Waals surface area contributed by atoms with E-state index < -0.39 is 11.6 Å². The Kier molecular flexibility index (Phi) is 7.96. The zero-order valence-corrected chi connectivity index (χ0v) is 25.4. The highest BCUT2D eigenvalue weighted by molar-refractivity contribution is 6.30. The van der Waals surface area contributed by atoms with Crippen LogP contribution in [0.25, 0.3) is 0 Å². The number of amides is 1. The van der Waals surface area contributed by atoms with E-state index in [0.717, 1.165) is 41.0 Å². The molecule has 222 valence electrons. The molecule has 3 heterocycles. The summed E-state index contributed by atoms with van der Waals surface area (Å²) in [4.78, 5) is 15.7. The molecule has 3 aromatic rings. The lowest BCUT2D eigenvalue weighted by molar-refractivity contribution is -0.137. The highest BCUT2D eigenvalue weighted by Gasteiger charge is 2.48. The number of nitrogens with zero attached hydrogens (tertiary/aromatic N) is 1. The zero-order chi connectivity index (χ0) is 29.6. The van der Waals surface area contributed by atoms with Gasteiger partial charge >= 0.3 is 0 Å². The van der Waals surface area contributed by atoms with Crippen LogP contribution in [-0.4, -0.2) is 50.5 Å². The number of rotatable bonds is 7. The quantitative estimate of drug-likeness (QED) is 0.378. The summed E-state index contributed by atoms with van der Waals surface area (Å²) in [6.07, 6.45) is 0.189. The van der Waals surface area contributed by atoms with Crippen LogP contribution < -0.4 is 19.7 Å². The number of anilines is 1. The summed E-state index contributed by atoms with van der Waals surface area (Å²) in [5.41, 5.74) is 3.41. The van der Waals surface area contributed by atoms with E-state index in [-0.39, 0.29) is 36.2 Å². The molecule has 3 aliphatic heterocycles. The van der Waals surface area contributed by atoms with Crippen molar-refractivity contribution in [2.45, 2.75) is 44.9 Å². The van der Waals surface area contributed by atoms with E-state index in [4.69, 9.17) is 25.8 Å². The minimum Gasteiger partial charge on any atom is -0.493 e. The first kappa shape index (κ1) is 29.0. The maximum Gasteiger partial charge on any atom is 0.232 e. The Bertz CT molecular complexity index is 1420. The van der Waals surface area contributed by atoms with Crippen molar-refractivity contribution in [2.24, 2.45) is 17.8 Å². The monoisotopic (exact) mass is 590 g/mol. The van der Waals surface area contributed by atoms with Crippen molar-refractivity contribution in [1.29, 1.82) is 0 Å². The molecule has 7 nitrogen and oxygen atoms in total. The first-order valence-corrected chi connectivity index (χ1v) is 15.1. The Morgan fingerprint density at radius 2 is 1.69 bits per heavy atom. The predicted molar refractivity (Wildman–Crippen MR) is 163 cm³/mol. The molecule has 2 saturated heterocycles. The Balaban J connectivity index is 1.40. The van der Waals surface area contributed by atoms with Gasteiger partial charge in [-0.15, -0.1) is 0 Å². The van der Waals surface area contributed by atoms with Gasteiger partial charge in [0.2, 0.25) is 5.91 Å². The number of hydrogen-bond donors (Lipinski definition) is 2. The second kappa shape index (κ2) is 11.5.